The summed E-state index contributed by atoms with van der Waals surface area (Å²) in [5.74, 6) is -0.281. The molecule has 2 aromatic carbocycles. The van der Waals surface area contributed by atoms with E-state index in [1.165, 1.54) is 6.21 Å². The molecule has 0 aliphatic rings. The summed E-state index contributed by atoms with van der Waals surface area (Å²) in [4.78, 5) is 11.6. The third-order valence-electron chi connectivity index (χ3n) is 2.62. The second-order valence-electron chi connectivity index (χ2n) is 4.33. The molecule has 0 aromatic heterocycles. The maximum atomic E-state index is 11.6. The van der Waals surface area contributed by atoms with Gasteiger partial charge in [-0.05, 0) is 35.9 Å². The van der Waals surface area contributed by atoms with Crippen molar-refractivity contribution in [2.45, 2.75) is 0 Å². The largest absolute Gasteiger partial charge is 0.376 e. The van der Waals surface area contributed by atoms with Gasteiger partial charge in [0.15, 0.2) is 0 Å². The van der Waals surface area contributed by atoms with Crippen molar-refractivity contribution in [1.82, 2.24) is 5.43 Å². The van der Waals surface area contributed by atoms with Gasteiger partial charge in [-0.15, -0.1) is 0 Å². The number of nitrogens with zero attached hydrogens (tertiary/aromatic N) is 1. The molecule has 2 N–H and O–H groups in total. The van der Waals surface area contributed by atoms with E-state index in [-0.39, 0.29) is 12.5 Å². The summed E-state index contributed by atoms with van der Waals surface area (Å²) in [7, 11) is 0. The molecule has 0 aliphatic carbocycles. The van der Waals surface area contributed by atoms with Crippen LogP contribution in [0.15, 0.2) is 47.6 Å². The second kappa shape index (κ2) is 8.03. The van der Waals surface area contributed by atoms with Gasteiger partial charge in [0.1, 0.15) is 0 Å². The number of carbonyl (C=O) groups is 1. The Kier molecular flexibility index (Phi) is 6.07. The molecule has 114 valence electrons. The minimum absolute atomic E-state index is 0.0824. The number of anilines is 1. The van der Waals surface area contributed by atoms with Crippen LogP contribution in [0.1, 0.15) is 5.56 Å². The van der Waals surface area contributed by atoms with Crippen molar-refractivity contribution in [2.24, 2.45) is 5.10 Å². The zero-order chi connectivity index (χ0) is 15.9. The number of hydrogen-bond donors (Lipinski definition) is 2. The molecule has 2 rings (SSSR count). The first-order valence-corrected chi connectivity index (χ1v) is 7.44. The minimum atomic E-state index is -0.281. The molecule has 4 nitrogen and oxygen atoms in total. The highest BCUT2D eigenvalue weighted by Crippen LogP contribution is 2.21. The van der Waals surface area contributed by atoms with E-state index in [1.807, 2.05) is 6.07 Å². The van der Waals surface area contributed by atoms with Crippen molar-refractivity contribution in [1.29, 1.82) is 0 Å². The average Bonchev–Trinajstić information content (AvgIpc) is 2.49. The molecule has 0 spiro atoms. The molecule has 0 fully saturated rings. The van der Waals surface area contributed by atoms with Crippen LogP contribution in [-0.4, -0.2) is 18.7 Å². The van der Waals surface area contributed by atoms with E-state index in [0.717, 1.165) is 11.3 Å². The lowest BCUT2D eigenvalue weighted by Crippen LogP contribution is -2.25. The van der Waals surface area contributed by atoms with Gasteiger partial charge in [-0.25, -0.2) is 5.43 Å². The maximum absolute atomic E-state index is 11.6. The van der Waals surface area contributed by atoms with Crippen molar-refractivity contribution in [3.8, 4) is 0 Å². The van der Waals surface area contributed by atoms with Gasteiger partial charge in [-0.1, -0.05) is 46.9 Å². The van der Waals surface area contributed by atoms with Gasteiger partial charge in [0.25, 0.3) is 5.91 Å². The third kappa shape index (κ3) is 5.22. The molecule has 0 saturated heterocycles. The predicted octanol–water partition coefficient (Wildman–Crippen LogP) is 4.21. The van der Waals surface area contributed by atoms with Gasteiger partial charge < -0.3 is 5.32 Å². The van der Waals surface area contributed by atoms with E-state index in [9.17, 15) is 4.79 Å². The number of halogens is 3. The fourth-order valence-electron chi connectivity index (χ4n) is 1.59. The molecular formula is C15H12Cl3N3O. The number of benzene rings is 2. The second-order valence-corrected chi connectivity index (χ2v) is 5.58. The fourth-order valence-corrected chi connectivity index (χ4v) is 2.09. The Morgan fingerprint density at radius 2 is 1.91 bits per heavy atom. The van der Waals surface area contributed by atoms with Crippen LogP contribution >= 0.6 is 34.8 Å². The molecule has 0 atom stereocenters. The number of rotatable bonds is 5. The van der Waals surface area contributed by atoms with Crippen LogP contribution < -0.4 is 10.7 Å². The normalized spacial score (nSPS) is 10.7. The van der Waals surface area contributed by atoms with Gasteiger partial charge in [0, 0.05) is 10.7 Å². The van der Waals surface area contributed by atoms with Crippen molar-refractivity contribution < 1.29 is 4.79 Å². The van der Waals surface area contributed by atoms with E-state index in [0.29, 0.717) is 15.1 Å². The molecule has 0 aliphatic heterocycles. The van der Waals surface area contributed by atoms with Gasteiger partial charge in [0.2, 0.25) is 0 Å². The number of amides is 1. The molecule has 1 amide bonds. The summed E-state index contributed by atoms with van der Waals surface area (Å²) < 4.78 is 0. The molecule has 0 unspecified atom stereocenters. The van der Waals surface area contributed by atoms with Gasteiger partial charge >= 0.3 is 0 Å². The van der Waals surface area contributed by atoms with Crippen molar-refractivity contribution >= 4 is 52.6 Å². The lowest BCUT2D eigenvalue weighted by atomic mass is 10.2. The smallest absolute Gasteiger partial charge is 0.259 e. The number of hydrogen-bond acceptors (Lipinski definition) is 3. The predicted molar refractivity (Wildman–Crippen MR) is 92.1 cm³/mol. The van der Waals surface area contributed by atoms with Crippen LogP contribution in [0.4, 0.5) is 5.69 Å². The highest BCUT2D eigenvalue weighted by molar-refractivity contribution is 6.42. The molecular weight excluding hydrogens is 345 g/mol. The number of carbonyl (C=O) groups excluding carboxylic acids is 1. The van der Waals surface area contributed by atoms with Crippen LogP contribution in [0.25, 0.3) is 0 Å². The number of hydrazone groups is 1. The van der Waals surface area contributed by atoms with Crippen molar-refractivity contribution in [2.75, 3.05) is 11.9 Å². The van der Waals surface area contributed by atoms with E-state index in [4.69, 9.17) is 34.8 Å². The van der Waals surface area contributed by atoms with Crippen molar-refractivity contribution in [3.63, 3.8) is 0 Å². The Morgan fingerprint density at radius 1 is 1.09 bits per heavy atom. The Hall–Kier alpha value is -1.75. The molecule has 0 bridgehead atoms. The third-order valence-corrected chi connectivity index (χ3v) is 3.60. The van der Waals surface area contributed by atoms with Crippen LogP contribution in [0.2, 0.25) is 15.1 Å². The highest BCUT2D eigenvalue weighted by atomic mass is 35.5. The first-order chi connectivity index (χ1) is 10.5. The SMILES string of the molecule is O=C(CNc1cccc(Cl)c1)N/N=C/c1ccc(Cl)c(Cl)c1. The van der Waals surface area contributed by atoms with Gasteiger partial charge in [-0.2, -0.15) is 5.10 Å². The molecule has 22 heavy (non-hydrogen) atoms. The Morgan fingerprint density at radius 3 is 2.64 bits per heavy atom. The highest BCUT2D eigenvalue weighted by Gasteiger charge is 2.00. The first kappa shape index (κ1) is 16.6. The number of nitrogens with one attached hydrogen (secondary N) is 2. The van der Waals surface area contributed by atoms with Crippen molar-refractivity contribution in [3.05, 3.63) is 63.1 Å². The zero-order valence-electron chi connectivity index (χ0n) is 11.3. The quantitative estimate of drug-likeness (QED) is 0.623. The molecule has 2 aromatic rings. The summed E-state index contributed by atoms with van der Waals surface area (Å²) in [6, 6.07) is 12.2. The summed E-state index contributed by atoms with van der Waals surface area (Å²) in [5, 5.41) is 8.29. The lowest BCUT2D eigenvalue weighted by molar-refractivity contribution is -0.119. The van der Waals surface area contributed by atoms with Crippen LogP contribution in [0, 0.1) is 0 Å². The molecule has 0 saturated carbocycles. The topological polar surface area (TPSA) is 53.5 Å². The Balaban J connectivity index is 1.82. The zero-order valence-corrected chi connectivity index (χ0v) is 13.6. The summed E-state index contributed by atoms with van der Waals surface area (Å²) in [6.45, 7) is 0.0824. The summed E-state index contributed by atoms with van der Waals surface area (Å²) >= 11 is 17.5. The van der Waals surface area contributed by atoms with Gasteiger partial charge in [-0.3, -0.25) is 4.79 Å². The Bertz CT molecular complexity index is 704. The van der Waals surface area contributed by atoms with Crippen LogP contribution in [0.3, 0.4) is 0 Å². The van der Waals surface area contributed by atoms with E-state index in [1.54, 1.807) is 36.4 Å². The average molecular weight is 357 g/mol. The lowest BCUT2D eigenvalue weighted by Gasteiger charge is -2.05. The first-order valence-electron chi connectivity index (χ1n) is 6.31. The van der Waals surface area contributed by atoms with Gasteiger partial charge in [0.05, 0.1) is 22.8 Å². The van der Waals surface area contributed by atoms with E-state index < -0.39 is 0 Å². The Labute approximate surface area is 143 Å². The molecule has 0 heterocycles. The van der Waals surface area contributed by atoms with Crippen LogP contribution in [-0.2, 0) is 4.79 Å². The summed E-state index contributed by atoms with van der Waals surface area (Å²) in [5.41, 5.74) is 3.90. The standard InChI is InChI=1S/C15H12Cl3N3O/c16-11-2-1-3-12(7-11)19-9-15(22)21-20-8-10-4-5-13(17)14(18)6-10/h1-8,19H,9H2,(H,21,22)/b20-8+. The van der Waals surface area contributed by atoms with E-state index in [2.05, 4.69) is 15.8 Å². The van der Waals surface area contributed by atoms with E-state index >= 15 is 0 Å². The van der Waals surface area contributed by atoms with Crippen LogP contribution in [0.5, 0.6) is 0 Å². The molecule has 7 heteroatoms. The maximum Gasteiger partial charge on any atom is 0.259 e. The monoisotopic (exact) mass is 355 g/mol. The molecule has 0 radical (unpaired) electrons. The minimum Gasteiger partial charge on any atom is -0.376 e. The fraction of sp³-hybridized carbons (Fsp3) is 0.0667. The summed E-state index contributed by atoms with van der Waals surface area (Å²) in [6.07, 6.45) is 1.49.